The van der Waals surface area contributed by atoms with Crippen molar-refractivity contribution in [1.29, 1.82) is 0 Å². The SMILES string of the molecule is Cc1ccc(C(=O)OCC(=O)Nc2cc(Cl)c(Cl)cc2Cl)cc1NC(=O)c1ccco1. The zero-order valence-corrected chi connectivity index (χ0v) is 18.3. The Morgan fingerprint density at radius 3 is 2.39 bits per heavy atom. The fourth-order valence-corrected chi connectivity index (χ4v) is 3.09. The first-order chi connectivity index (χ1) is 14.7. The van der Waals surface area contributed by atoms with Gasteiger partial charge < -0.3 is 19.8 Å². The summed E-state index contributed by atoms with van der Waals surface area (Å²) in [5.74, 6) is -1.70. The molecule has 2 amide bonds. The molecule has 0 aliphatic rings. The molecule has 2 aromatic carbocycles. The van der Waals surface area contributed by atoms with Crippen LogP contribution in [-0.2, 0) is 9.53 Å². The second-order valence-electron chi connectivity index (χ2n) is 6.33. The van der Waals surface area contributed by atoms with Crippen molar-refractivity contribution in [2.24, 2.45) is 0 Å². The third-order valence-corrected chi connectivity index (χ3v) is 5.12. The van der Waals surface area contributed by atoms with E-state index in [2.05, 4.69) is 10.6 Å². The second-order valence-corrected chi connectivity index (χ2v) is 7.55. The highest BCUT2D eigenvalue weighted by Gasteiger charge is 2.16. The van der Waals surface area contributed by atoms with Crippen molar-refractivity contribution in [3.8, 4) is 0 Å². The predicted molar refractivity (Wildman–Crippen MR) is 118 cm³/mol. The van der Waals surface area contributed by atoms with Crippen LogP contribution in [0, 0.1) is 6.92 Å². The smallest absolute Gasteiger partial charge is 0.338 e. The summed E-state index contributed by atoms with van der Waals surface area (Å²) in [5, 5.41) is 5.79. The molecule has 0 fully saturated rings. The molecule has 3 aromatic rings. The van der Waals surface area contributed by atoms with Gasteiger partial charge in [-0.05, 0) is 48.9 Å². The fourth-order valence-electron chi connectivity index (χ4n) is 2.49. The number of benzene rings is 2. The first-order valence-corrected chi connectivity index (χ1v) is 9.95. The maximum atomic E-state index is 12.3. The average Bonchev–Trinajstić information content (AvgIpc) is 3.27. The minimum atomic E-state index is -0.746. The number of anilines is 2. The Morgan fingerprint density at radius 2 is 1.68 bits per heavy atom. The van der Waals surface area contributed by atoms with Crippen LogP contribution >= 0.6 is 34.8 Å². The molecule has 160 valence electrons. The monoisotopic (exact) mass is 480 g/mol. The molecule has 0 saturated carbocycles. The van der Waals surface area contributed by atoms with Gasteiger partial charge in [-0.1, -0.05) is 40.9 Å². The zero-order valence-electron chi connectivity index (χ0n) is 16.0. The summed E-state index contributed by atoms with van der Waals surface area (Å²) in [6.45, 7) is 1.21. The number of carbonyl (C=O) groups is 3. The van der Waals surface area contributed by atoms with Gasteiger partial charge in [-0.25, -0.2) is 4.79 Å². The molecule has 7 nitrogen and oxygen atoms in total. The molecule has 3 rings (SSSR count). The van der Waals surface area contributed by atoms with Crippen LogP contribution in [0.25, 0.3) is 0 Å². The summed E-state index contributed by atoms with van der Waals surface area (Å²) < 4.78 is 10.1. The van der Waals surface area contributed by atoms with Crippen LogP contribution in [0.5, 0.6) is 0 Å². The molecule has 0 atom stereocenters. The van der Waals surface area contributed by atoms with Crippen molar-refractivity contribution >= 4 is 64.0 Å². The summed E-state index contributed by atoms with van der Waals surface area (Å²) in [6, 6.07) is 10.5. The summed E-state index contributed by atoms with van der Waals surface area (Å²) in [5.41, 5.74) is 1.52. The molecule has 10 heteroatoms. The Kier molecular flexibility index (Phi) is 7.22. The van der Waals surface area contributed by atoms with Crippen LogP contribution in [0.1, 0.15) is 26.5 Å². The lowest BCUT2D eigenvalue weighted by atomic mass is 10.1. The molecule has 0 aliphatic carbocycles. The number of carbonyl (C=O) groups excluding carboxylic acids is 3. The first-order valence-electron chi connectivity index (χ1n) is 8.81. The fraction of sp³-hybridized carbons (Fsp3) is 0.0952. The van der Waals surface area contributed by atoms with E-state index in [1.54, 1.807) is 19.1 Å². The molecule has 0 bridgehead atoms. The van der Waals surface area contributed by atoms with Gasteiger partial charge in [0.05, 0.1) is 32.6 Å². The van der Waals surface area contributed by atoms with Gasteiger partial charge in [-0.3, -0.25) is 9.59 Å². The molecule has 0 spiro atoms. The van der Waals surface area contributed by atoms with E-state index in [-0.39, 0.29) is 32.1 Å². The normalized spacial score (nSPS) is 10.5. The van der Waals surface area contributed by atoms with Gasteiger partial charge in [0.1, 0.15) is 0 Å². The van der Waals surface area contributed by atoms with Gasteiger partial charge in [0.15, 0.2) is 12.4 Å². The lowest BCUT2D eigenvalue weighted by Gasteiger charge is -2.11. The van der Waals surface area contributed by atoms with Crippen LogP contribution in [0.15, 0.2) is 53.1 Å². The van der Waals surface area contributed by atoms with Crippen molar-refractivity contribution in [3.63, 3.8) is 0 Å². The highest BCUT2D eigenvalue weighted by atomic mass is 35.5. The van der Waals surface area contributed by atoms with E-state index in [1.165, 1.54) is 36.6 Å². The van der Waals surface area contributed by atoms with E-state index >= 15 is 0 Å². The Labute approximate surface area is 192 Å². The number of nitrogens with one attached hydrogen (secondary N) is 2. The number of amides is 2. The molecule has 0 radical (unpaired) electrons. The number of hydrogen-bond acceptors (Lipinski definition) is 5. The summed E-state index contributed by atoms with van der Waals surface area (Å²) in [4.78, 5) is 36.6. The largest absolute Gasteiger partial charge is 0.459 e. The quantitative estimate of drug-likeness (QED) is 0.353. The van der Waals surface area contributed by atoms with Crippen molar-refractivity contribution < 1.29 is 23.5 Å². The van der Waals surface area contributed by atoms with Gasteiger partial charge in [-0.15, -0.1) is 0 Å². The molecule has 1 heterocycles. The maximum Gasteiger partial charge on any atom is 0.338 e. The third-order valence-electron chi connectivity index (χ3n) is 4.08. The van der Waals surface area contributed by atoms with Crippen LogP contribution < -0.4 is 10.6 Å². The zero-order chi connectivity index (χ0) is 22.5. The topological polar surface area (TPSA) is 97.6 Å². The van der Waals surface area contributed by atoms with Crippen LogP contribution in [0.3, 0.4) is 0 Å². The van der Waals surface area contributed by atoms with Crippen molar-refractivity contribution in [2.75, 3.05) is 17.2 Å². The molecule has 2 N–H and O–H groups in total. The minimum Gasteiger partial charge on any atom is -0.459 e. The van der Waals surface area contributed by atoms with Gasteiger partial charge in [0.2, 0.25) is 0 Å². The number of hydrogen-bond donors (Lipinski definition) is 2. The number of halogens is 3. The summed E-state index contributed by atoms with van der Waals surface area (Å²) >= 11 is 17.8. The first kappa shape index (κ1) is 22.7. The van der Waals surface area contributed by atoms with Gasteiger partial charge >= 0.3 is 5.97 Å². The lowest BCUT2D eigenvalue weighted by molar-refractivity contribution is -0.119. The standard InChI is InChI=1S/C21H15Cl3N2O5/c1-11-4-5-12(7-16(11)26-20(28)18-3-2-6-30-18)21(29)31-10-19(27)25-17-9-14(23)13(22)8-15(17)24/h2-9H,10H2,1H3,(H,25,27)(H,26,28). The Balaban J connectivity index is 1.62. The minimum absolute atomic E-state index is 0.130. The van der Waals surface area contributed by atoms with E-state index in [1.807, 2.05) is 0 Å². The number of rotatable bonds is 6. The third kappa shape index (κ3) is 5.79. The van der Waals surface area contributed by atoms with Crippen LogP contribution in [0.4, 0.5) is 11.4 Å². The Morgan fingerprint density at radius 1 is 0.935 bits per heavy atom. The Bertz CT molecular complexity index is 1150. The van der Waals surface area contributed by atoms with Crippen molar-refractivity contribution in [1.82, 2.24) is 0 Å². The number of furan rings is 1. The lowest BCUT2D eigenvalue weighted by Crippen LogP contribution is -2.21. The highest BCUT2D eigenvalue weighted by Crippen LogP contribution is 2.32. The van der Waals surface area contributed by atoms with Crippen molar-refractivity contribution in [2.45, 2.75) is 6.92 Å². The Hall–Kier alpha value is -3.00. The van der Waals surface area contributed by atoms with E-state index in [9.17, 15) is 14.4 Å². The summed E-state index contributed by atoms with van der Waals surface area (Å²) in [7, 11) is 0. The molecule has 31 heavy (non-hydrogen) atoms. The number of esters is 1. The summed E-state index contributed by atoms with van der Waals surface area (Å²) in [6.07, 6.45) is 1.38. The maximum absolute atomic E-state index is 12.3. The predicted octanol–water partition coefficient (Wildman–Crippen LogP) is 5.60. The van der Waals surface area contributed by atoms with E-state index in [0.717, 1.165) is 5.56 Å². The molecule has 1 aromatic heterocycles. The molecule has 0 unspecified atom stereocenters. The number of ether oxygens (including phenoxy) is 1. The van der Waals surface area contributed by atoms with E-state index in [0.29, 0.717) is 5.69 Å². The van der Waals surface area contributed by atoms with E-state index in [4.69, 9.17) is 44.0 Å². The molecular weight excluding hydrogens is 467 g/mol. The van der Waals surface area contributed by atoms with E-state index < -0.39 is 24.4 Å². The van der Waals surface area contributed by atoms with Gasteiger partial charge in [0, 0.05) is 5.69 Å². The average molecular weight is 482 g/mol. The molecule has 0 aliphatic heterocycles. The van der Waals surface area contributed by atoms with Crippen molar-refractivity contribution in [3.05, 3.63) is 80.7 Å². The second kappa shape index (κ2) is 9.87. The van der Waals surface area contributed by atoms with Gasteiger partial charge in [0.25, 0.3) is 11.8 Å². The number of aryl methyl sites for hydroxylation is 1. The van der Waals surface area contributed by atoms with Gasteiger partial charge in [-0.2, -0.15) is 0 Å². The molecule has 0 saturated heterocycles. The molecular formula is C21H15Cl3N2O5. The van der Waals surface area contributed by atoms with Crippen LogP contribution in [0.2, 0.25) is 15.1 Å². The van der Waals surface area contributed by atoms with Crippen LogP contribution in [-0.4, -0.2) is 24.4 Å². The highest BCUT2D eigenvalue weighted by molar-refractivity contribution is 6.44.